The summed E-state index contributed by atoms with van der Waals surface area (Å²) in [5.74, 6) is 1.32. The molecule has 6 nitrogen and oxygen atoms in total. The molecule has 1 heterocycles. The van der Waals surface area contributed by atoms with E-state index in [-0.39, 0.29) is 5.91 Å². The minimum absolute atomic E-state index is 0.0118. The molecule has 3 aromatic rings. The Bertz CT molecular complexity index is 993. The minimum Gasteiger partial charge on any atom is -0.493 e. The average Bonchev–Trinajstić information content (AvgIpc) is 3.09. The van der Waals surface area contributed by atoms with Crippen molar-refractivity contribution in [3.8, 4) is 17.2 Å². The van der Waals surface area contributed by atoms with Crippen LogP contribution < -0.4 is 9.47 Å². The second kappa shape index (κ2) is 8.82. The fourth-order valence-electron chi connectivity index (χ4n) is 3.34. The molecule has 0 saturated heterocycles. The summed E-state index contributed by atoms with van der Waals surface area (Å²) < 4.78 is 12.5. The topological polar surface area (TPSA) is 56.6 Å². The van der Waals surface area contributed by atoms with Crippen molar-refractivity contribution in [2.45, 2.75) is 27.3 Å². The number of carbonyl (C=O) groups is 1. The van der Waals surface area contributed by atoms with Gasteiger partial charge in [-0.15, -0.1) is 0 Å². The van der Waals surface area contributed by atoms with Crippen molar-refractivity contribution in [1.82, 2.24) is 14.7 Å². The predicted octanol–water partition coefficient (Wildman–Crippen LogP) is 4.17. The molecule has 6 heteroatoms. The fourth-order valence-corrected chi connectivity index (χ4v) is 3.34. The van der Waals surface area contributed by atoms with Crippen molar-refractivity contribution in [2.24, 2.45) is 0 Å². The van der Waals surface area contributed by atoms with Crippen molar-refractivity contribution < 1.29 is 14.3 Å². The number of hydrogen-bond donors (Lipinski definition) is 0. The normalized spacial score (nSPS) is 10.7. The summed E-state index contributed by atoms with van der Waals surface area (Å²) >= 11 is 0. The van der Waals surface area contributed by atoms with Crippen LogP contribution in [0.4, 0.5) is 0 Å². The molecule has 0 radical (unpaired) electrons. The van der Waals surface area contributed by atoms with Crippen LogP contribution in [0.5, 0.6) is 11.5 Å². The van der Waals surface area contributed by atoms with E-state index in [1.165, 1.54) is 0 Å². The van der Waals surface area contributed by atoms with Gasteiger partial charge in [-0.05, 0) is 68.8 Å². The van der Waals surface area contributed by atoms with E-state index in [2.05, 4.69) is 5.10 Å². The molecular weight excluding hydrogens is 366 g/mol. The highest BCUT2D eigenvalue weighted by Gasteiger charge is 2.16. The summed E-state index contributed by atoms with van der Waals surface area (Å²) in [7, 11) is 3.21. The lowest BCUT2D eigenvalue weighted by Crippen LogP contribution is -2.30. The van der Waals surface area contributed by atoms with Crippen molar-refractivity contribution in [1.29, 1.82) is 0 Å². The molecule has 2 aromatic carbocycles. The number of amides is 1. The SMILES string of the molecule is CCN(Cc1ccc(OC)c(OC)c1)C(=O)c1ccc(-n2nc(C)cc2C)cc1. The van der Waals surface area contributed by atoms with E-state index in [1.807, 2.05) is 74.0 Å². The first-order valence-corrected chi connectivity index (χ1v) is 9.60. The number of methoxy groups -OCH3 is 2. The van der Waals surface area contributed by atoms with Gasteiger partial charge in [0.2, 0.25) is 0 Å². The van der Waals surface area contributed by atoms with Crippen LogP contribution in [0.15, 0.2) is 48.5 Å². The summed E-state index contributed by atoms with van der Waals surface area (Å²) in [6.07, 6.45) is 0. The molecule has 0 aliphatic carbocycles. The van der Waals surface area contributed by atoms with Gasteiger partial charge in [-0.25, -0.2) is 4.68 Å². The maximum absolute atomic E-state index is 13.0. The molecule has 0 atom stereocenters. The van der Waals surface area contributed by atoms with E-state index in [0.29, 0.717) is 30.2 Å². The first kappa shape index (κ1) is 20.5. The number of aromatic nitrogens is 2. The molecular formula is C23H27N3O3. The number of ether oxygens (including phenoxy) is 2. The van der Waals surface area contributed by atoms with Crippen LogP contribution in [-0.2, 0) is 6.54 Å². The molecule has 0 spiro atoms. The zero-order chi connectivity index (χ0) is 21.0. The fraction of sp³-hybridized carbons (Fsp3) is 0.304. The number of carbonyl (C=O) groups excluding carboxylic acids is 1. The predicted molar refractivity (Wildman–Crippen MR) is 113 cm³/mol. The molecule has 0 unspecified atom stereocenters. The van der Waals surface area contributed by atoms with Crippen LogP contribution in [0, 0.1) is 13.8 Å². The van der Waals surface area contributed by atoms with Crippen LogP contribution in [0.1, 0.15) is 34.2 Å². The van der Waals surface area contributed by atoms with Crippen molar-refractivity contribution in [3.05, 3.63) is 71.0 Å². The van der Waals surface area contributed by atoms with E-state index in [0.717, 1.165) is 22.6 Å². The standard InChI is InChI=1S/C23H27N3O3/c1-6-25(15-18-7-12-21(28-4)22(14-18)29-5)23(27)19-8-10-20(11-9-19)26-17(3)13-16(2)24-26/h7-14H,6,15H2,1-5H3. The highest BCUT2D eigenvalue weighted by Crippen LogP contribution is 2.28. The summed E-state index contributed by atoms with van der Waals surface area (Å²) in [6.45, 7) is 7.06. The van der Waals surface area contributed by atoms with Gasteiger partial charge in [0.1, 0.15) is 0 Å². The zero-order valence-corrected chi connectivity index (χ0v) is 17.6. The summed E-state index contributed by atoms with van der Waals surface area (Å²) in [4.78, 5) is 14.8. The molecule has 1 aromatic heterocycles. The number of aryl methyl sites for hydroxylation is 2. The number of benzene rings is 2. The Morgan fingerprint density at radius 1 is 1.00 bits per heavy atom. The Morgan fingerprint density at radius 3 is 2.24 bits per heavy atom. The smallest absolute Gasteiger partial charge is 0.254 e. The lowest BCUT2D eigenvalue weighted by atomic mass is 10.1. The number of hydrogen-bond acceptors (Lipinski definition) is 4. The molecule has 0 fully saturated rings. The van der Waals surface area contributed by atoms with Gasteiger partial charge >= 0.3 is 0 Å². The molecule has 0 bridgehead atoms. The second-order valence-corrected chi connectivity index (χ2v) is 6.89. The summed E-state index contributed by atoms with van der Waals surface area (Å²) in [5, 5.41) is 4.49. The first-order chi connectivity index (χ1) is 14.0. The Labute approximate surface area is 171 Å². The third-order valence-electron chi connectivity index (χ3n) is 4.86. The maximum Gasteiger partial charge on any atom is 0.254 e. The van der Waals surface area contributed by atoms with Gasteiger partial charge in [0.05, 0.1) is 25.6 Å². The zero-order valence-electron chi connectivity index (χ0n) is 17.6. The molecule has 0 N–H and O–H groups in total. The number of nitrogens with zero attached hydrogens (tertiary/aromatic N) is 3. The van der Waals surface area contributed by atoms with Crippen LogP contribution in [0.25, 0.3) is 5.69 Å². The molecule has 0 aliphatic heterocycles. The van der Waals surface area contributed by atoms with Crippen LogP contribution in [0.3, 0.4) is 0 Å². The van der Waals surface area contributed by atoms with Crippen LogP contribution in [-0.4, -0.2) is 41.4 Å². The quantitative estimate of drug-likeness (QED) is 0.605. The highest BCUT2D eigenvalue weighted by molar-refractivity contribution is 5.94. The van der Waals surface area contributed by atoms with Crippen molar-refractivity contribution in [2.75, 3.05) is 20.8 Å². The molecule has 29 heavy (non-hydrogen) atoms. The Hall–Kier alpha value is -3.28. The van der Waals surface area contributed by atoms with E-state index in [1.54, 1.807) is 19.1 Å². The largest absolute Gasteiger partial charge is 0.493 e. The van der Waals surface area contributed by atoms with Crippen molar-refractivity contribution in [3.63, 3.8) is 0 Å². The van der Waals surface area contributed by atoms with E-state index >= 15 is 0 Å². The van der Waals surface area contributed by atoms with Gasteiger partial charge in [-0.2, -0.15) is 5.10 Å². The first-order valence-electron chi connectivity index (χ1n) is 9.60. The minimum atomic E-state index is -0.0118. The third kappa shape index (κ3) is 4.42. The summed E-state index contributed by atoms with van der Waals surface area (Å²) in [6, 6.07) is 15.3. The van der Waals surface area contributed by atoms with Gasteiger partial charge in [0.15, 0.2) is 11.5 Å². The lowest BCUT2D eigenvalue weighted by molar-refractivity contribution is 0.0752. The molecule has 152 valence electrons. The van der Waals surface area contributed by atoms with E-state index in [4.69, 9.17) is 9.47 Å². The Morgan fingerprint density at radius 2 is 1.69 bits per heavy atom. The Kier molecular flexibility index (Phi) is 6.22. The van der Waals surface area contributed by atoms with Crippen LogP contribution in [0.2, 0.25) is 0 Å². The van der Waals surface area contributed by atoms with Crippen molar-refractivity contribution >= 4 is 5.91 Å². The molecule has 0 saturated carbocycles. The highest BCUT2D eigenvalue weighted by atomic mass is 16.5. The van der Waals surface area contributed by atoms with Crippen LogP contribution >= 0.6 is 0 Å². The maximum atomic E-state index is 13.0. The van der Waals surface area contributed by atoms with Gasteiger partial charge in [0, 0.05) is 24.3 Å². The van der Waals surface area contributed by atoms with E-state index in [9.17, 15) is 4.79 Å². The third-order valence-corrected chi connectivity index (χ3v) is 4.86. The second-order valence-electron chi connectivity index (χ2n) is 6.89. The molecule has 0 aliphatic rings. The number of rotatable bonds is 7. The van der Waals surface area contributed by atoms with Gasteiger partial charge in [0.25, 0.3) is 5.91 Å². The van der Waals surface area contributed by atoms with Gasteiger partial charge in [-0.1, -0.05) is 6.07 Å². The van der Waals surface area contributed by atoms with Gasteiger partial charge in [-0.3, -0.25) is 4.79 Å². The average molecular weight is 393 g/mol. The summed E-state index contributed by atoms with van der Waals surface area (Å²) in [5.41, 5.74) is 4.60. The lowest BCUT2D eigenvalue weighted by Gasteiger charge is -2.22. The Balaban J connectivity index is 1.78. The van der Waals surface area contributed by atoms with Gasteiger partial charge < -0.3 is 14.4 Å². The monoisotopic (exact) mass is 393 g/mol. The molecule has 1 amide bonds. The molecule has 3 rings (SSSR count). The van der Waals surface area contributed by atoms with E-state index < -0.39 is 0 Å².